The Morgan fingerprint density at radius 1 is 1.30 bits per heavy atom. The molecule has 2 heterocycles. The smallest absolute Gasteiger partial charge is 0.319 e. The zero-order valence-corrected chi connectivity index (χ0v) is 17.2. The molecule has 0 bridgehead atoms. The number of hydrogen-bond donors (Lipinski definition) is 0. The van der Waals surface area contributed by atoms with E-state index in [1.54, 1.807) is 18.4 Å². The summed E-state index contributed by atoms with van der Waals surface area (Å²) in [6.07, 6.45) is 0.765. The van der Waals surface area contributed by atoms with Gasteiger partial charge in [-0.1, -0.05) is 11.8 Å². The number of nitrogens with zero attached hydrogens (tertiary/aromatic N) is 2. The van der Waals surface area contributed by atoms with Crippen molar-refractivity contribution in [3.05, 3.63) is 40.3 Å². The minimum atomic E-state index is -0.460. The quantitative estimate of drug-likeness (QED) is 0.397. The van der Waals surface area contributed by atoms with Gasteiger partial charge in [0.15, 0.2) is 5.16 Å². The molecule has 3 rings (SSSR count). The van der Waals surface area contributed by atoms with E-state index < -0.39 is 5.25 Å². The molecule has 0 saturated carbocycles. The Morgan fingerprint density at radius 2 is 2.04 bits per heavy atom. The van der Waals surface area contributed by atoms with E-state index in [4.69, 9.17) is 14.5 Å². The van der Waals surface area contributed by atoms with Gasteiger partial charge in [-0.25, -0.2) is 4.98 Å². The predicted octanol–water partition coefficient (Wildman–Crippen LogP) is 3.32. The van der Waals surface area contributed by atoms with Crippen molar-refractivity contribution in [2.75, 3.05) is 19.0 Å². The molecule has 0 aliphatic carbocycles. The molecule has 27 heavy (non-hydrogen) atoms. The van der Waals surface area contributed by atoms with Gasteiger partial charge in [0.25, 0.3) is 5.56 Å². The van der Waals surface area contributed by atoms with Gasteiger partial charge in [0.2, 0.25) is 0 Å². The molecule has 0 unspecified atom stereocenters. The second-order valence-corrected chi connectivity index (χ2v) is 8.26. The fraction of sp³-hybridized carbons (Fsp3) is 0.421. The standard InChI is InChI=1S/C19H22N2O4S2/c1-4-24-14-8-6-13(7-9-14)21-17(22)16-15(10-11-26-16)20-19(21)27-12(3)18(23)25-5-2/h6-9,12H,4-5,10-11H2,1-3H3/t12-/m0/s1. The molecule has 0 fully saturated rings. The van der Waals surface area contributed by atoms with Gasteiger partial charge in [-0.2, -0.15) is 0 Å². The van der Waals surface area contributed by atoms with Gasteiger partial charge in [0, 0.05) is 12.2 Å². The lowest BCUT2D eigenvalue weighted by Gasteiger charge is -2.16. The largest absolute Gasteiger partial charge is 0.494 e. The van der Waals surface area contributed by atoms with Gasteiger partial charge < -0.3 is 9.47 Å². The maximum Gasteiger partial charge on any atom is 0.319 e. The van der Waals surface area contributed by atoms with E-state index in [2.05, 4.69) is 0 Å². The third-order valence-corrected chi connectivity index (χ3v) is 6.11. The lowest BCUT2D eigenvalue weighted by molar-refractivity contribution is -0.142. The average Bonchev–Trinajstić information content (AvgIpc) is 3.12. The number of esters is 1. The van der Waals surface area contributed by atoms with Crippen molar-refractivity contribution < 1.29 is 14.3 Å². The van der Waals surface area contributed by atoms with E-state index in [0.29, 0.717) is 29.0 Å². The molecule has 8 heteroatoms. The molecule has 0 saturated heterocycles. The number of carbonyl (C=O) groups is 1. The van der Waals surface area contributed by atoms with Crippen molar-refractivity contribution in [2.24, 2.45) is 0 Å². The van der Waals surface area contributed by atoms with Crippen LogP contribution in [0.5, 0.6) is 5.75 Å². The van der Waals surface area contributed by atoms with Crippen molar-refractivity contribution in [3.63, 3.8) is 0 Å². The van der Waals surface area contributed by atoms with Crippen LogP contribution in [0.25, 0.3) is 5.69 Å². The molecule has 0 amide bonds. The summed E-state index contributed by atoms with van der Waals surface area (Å²) in [5, 5.41) is 0.0452. The van der Waals surface area contributed by atoms with Crippen molar-refractivity contribution in [3.8, 4) is 11.4 Å². The Bertz CT molecular complexity index is 881. The normalized spacial score (nSPS) is 13.9. The zero-order valence-electron chi connectivity index (χ0n) is 15.6. The van der Waals surface area contributed by atoms with E-state index in [0.717, 1.165) is 23.6 Å². The van der Waals surface area contributed by atoms with E-state index >= 15 is 0 Å². The predicted molar refractivity (Wildman–Crippen MR) is 107 cm³/mol. The number of aryl methyl sites for hydroxylation is 1. The average molecular weight is 407 g/mol. The van der Waals surface area contributed by atoms with Crippen LogP contribution >= 0.6 is 23.5 Å². The molecular formula is C19H22N2O4S2. The van der Waals surface area contributed by atoms with Gasteiger partial charge in [0.05, 0.1) is 29.5 Å². The summed E-state index contributed by atoms with van der Waals surface area (Å²) < 4.78 is 12.1. The number of ether oxygens (including phenoxy) is 2. The van der Waals surface area contributed by atoms with Crippen LogP contribution in [-0.4, -0.2) is 39.7 Å². The summed E-state index contributed by atoms with van der Waals surface area (Å²) in [7, 11) is 0. The third kappa shape index (κ3) is 4.32. The topological polar surface area (TPSA) is 70.4 Å². The van der Waals surface area contributed by atoms with E-state index in [1.165, 1.54) is 23.5 Å². The number of hydrogen-bond acceptors (Lipinski definition) is 7. The maximum atomic E-state index is 13.1. The molecule has 0 spiro atoms. The monoisotopic (exact) mass is 406 g/mol. The van der Waals surface area contributed by atoms with Gasteiger partial charge in [0.1, 0.15) is 11.0 Å². The molecule has 2 aromatic rings. The van der Waals surface area contributed by atoms with E-state index in [-0.39, 0.29) is 11.5 Å². The maximum absolute atomic E-state index is 13.1. The van der Waals surface area contributed by atoms with Crippen LogP contribution in [0.2, 0.25) is 0 Å². The lowest BCUT2D eigenvalue weighted by Crippen LogP contribution is -2.26. The Kier molecular flexibility index (Phi) is 6.49. The minimum Gasteiger partial charge on any atom is -0.494 e. The number of aromatic nitrogens is 2. The second kappa shape index (κ2) is 8.84. The molecule has 1 atom stereocenters. The van der Waals surface area contributed by atoms with Crippen molar-refractivity contribution in [2.45, 2.75) is 42.5 Å². The number of rotatable bonds is 7. The SMILES string of the molecule is CCOC(=O)[C@H](C)Sc1nc2c(c(=O)n1-c1ccc(OCC)cc1)SCC2. The van der Waals surface area contributed by atoms with Gasteiger partial charge in [-0.05, 0) is 45.0 Å². The molecule has 1 aliphatic rings. The minimum absolute atomic E-state index is 0.0924. The van der Waals surface area contributed by atoms with Crippen LogP contribution in [0.1, 0.15) is 26.5 Å². The summed E-state index contributed by atoms with van der Waals surface area (Å²) in [5.41, 5.74) is 1.42. The number of benzene rings is 1. The van der Waals surface area contributed by atoms with Crippen LogP contribution in [0, 0.1) is 0 Å². The summed E-state index contributed by atoms with van der Waals surface area (Å²) in [4.78, 5) is 30.6. The second-order valence-electron chi connectivity index (χ2n) is 5.85. The first-order valence-electron chi connectivity index (χ1n) is 8.90. The Balaban J connectivity index is 2.03. The number of thioether (sulfide) groups is 2. The summed E-state index contributed by atoms with van der Waals surface area (Å²) >= 11 is 2.78. The molecule has 1 aromatic carbocycles. The first-order valence-corrected chi connectivity index (χ1v) is 10.8. The van der Waals surface area contributed by atoms with Gasteiger partial charge in [-0.3, -0.25) is 14.2 Å². The molecular weight excluding hydrogens is 384 g/mol. The van der Waals surface area contributed by atoms with Crippen LogP contribution in [0.15, 0.2) is 39.1 Å². The first kappa shape index (κ1) is 19.8. The number of carbonyl (C=O) groups excluding carboxylic acids is 1. The van der Waals surface area contributed by atoms with Gasteiger partial charge >= 0.3 is 5.97 Å². The van der Waals surface area contributed by atoms with E-state index in [9.17, 15) is 9.59 Å². The zero-order chi connectivity index (χ0) is 19.4. The summed E-state index contributed by atoms with van der Waals surface area (Å²) in [6, 6.07) is 7.32. The highest BCUT2D eigenvalue weighted by atomic mass is 32.2. The number of fused-ring (bicyclic) bond motifs is 1. The highest BCUT2D eigenvalue weighted by Crippen LogP contribution is 2.31. The molecule has 144 valence electrons. The van der Waals surface area contributed by atoms with Crippen LogP contribution in [0.4, 0.5) is 0 Å². The van der Waals surface area contributed by atoms with Crippen LogP contribution in [0.3, 0.4) is 0 Å². The Labute approximate surface area is 166 Å². The fourth-order valence-electron chi connectivity index (χ4n) is 2.72. The molecule has 6 nitrogen and oxygen atoms in total. The van der Waals surface area contributed by atoms with Crippen molar-refractivity contribution in [1.82, 2.24) is 9.55 Å². The van der Waals surface area contributed by atoms with Crippen molar-refractivity contribution >= 4 is 29.5 Å². The lowest BCUT2D eigenvalue weighted by atomic mass is 10.3. The summed E-state index contributed by atoms with van der Waals surface area (Å²) in [5.74, 6) is 1.28. The third-order valence-electron chi connectivity index (χ3n) is 3.97. The van der Waals surface area contributed by atoms with E-state index in [1.807, 2.05) is 31.2 Å². The Hall–Kier alpha value is -1.93. The van der Waals surface area contributed by atoms with Crippen molar-refractivity contribution in [1.29, 1.82) is 0 Å². The highest BCUT2D eigenvalue weighted by molar-refractivity contribution is 8.00. The van der Waals surface area contributed by atoms with Gasteiger partial charge in [-0.15, -0.1) is 11.8 Å². The van der Waals surface area contributed by atoms with Crippen LogP contribution in [-0.2, 0) is 16.0 Å². The first-order chi connectivity index (χ1) is 13.0. The Morgan fingerprint density at radius 3 is 2.70 bits per heavy atom. The molecule has 0 radical (unpaired) electrons. The highest BCUT2D eigenvalue weighted by Gasteiger charge is 2.25. The molecule has 1 aromatic heterocycles. The fourth-order valence-corrected chi connectivity index (χ4v) is 4.69. The molecule has 0 N–H and O–H groups in total. The molecule has 1 aliphatic heterocycles. The summed E-state index contributed by atoms with van der Waals surface area (Å²) in [6.45, 7) is 6.36. The van der Waals surface area contributed by atoms with Crippen LogP contribution < -0.4 is 10.3 Å².